The molecule has 6 nitrogen and oxygen atoms in total. The van der Waals surface area contributed by atoms with E-state index in [0.29, 0.717) is 11.5 Å². The van der Waals surface area contributed by atoms with Crippen LogP contribution in [0.15, 0.2) is 42.7 Å². The summed E-state index contributed by atoms with van der Waals surface area (Å²) in [6, 6.07) is 8.40. The van der Waals surface area contributed by atoms with Crippen LogP contribution in [0.25, 0.3) is 10.9 Å². The van der Waals surface area contributed by atoms with Crippen LogP contribution in [0.3, 0.4) is 0 Å². The van der Waals surface area contributed by atoms with Gasteiger partial charge in [0.1, 0.15) is 17.8 Å². The van der Waals surface area contributed by atoms with Gasteiger partial charge in [0.25, 0.3) is 5.91 Å². The molecule has 0 spiro atoms. The van der Waals surface area contributed by atoms with E-state index in [-0.39, 0.29) is 29.3 Å². The van der Waals surface area contributed by atoms with Crippen LogP contribution in [0, 0.1) is 11.6 Å². The number of benzene rings is 2. The largest absolute Gasteiger partial charge is 0.484 e. The van der Waals surface area contributed by atoms with Crippen molar-refractivity contribution in [1.82, 2.24) is 15.3 Å². The maximum atomic E-state index is 13.5. The molecule has 0 aliphatic heterocycles. The second-order valence-corrected chi connectivity index (χ2v) is 5.00. The Morgan fingerprint density at radius 2 is 1.76 bits per heavy atom. The van der Waals surface area contributed by atoms with Gasteiger partial charge in [-0.25, -0.2) is 18.7 Å². The third kappa shape index (κ3) is 3.79. The minimum Gasteiger partial charge on any atom is -0.484 e. The van der Waals surface area contributed by atoms with Gasteiger partial charge in [0, 0.05) is 13.1 Å². The van der Waals surface area contributed by atoms with Crippen LogP contribution in [0.4, 0.5) is 8.78 Å². The predicted octanol–water partition coefficient (Wildman–Crippen LogP) is 2.83. The van der Waals surface area contributed by atoms with Gasteiger partial charge < -0.3 is 14.8 Å². The van der Waals surface area contributed by atoms with Gasteiger partial charge in [-0.2, -0.15) is 0 Å². The number of ether oxygens (including phenoxy) is 2. The maximum absolute atomic E-state index is 13.5. The number of carbonyl (C=O) groups excluding carboxylic acids is 1. The molecule has 0 atom stereocenters. The van der Waals surface area contributed by atoms with E-state index in [1.54, 1.807) is 24.3 Å². The molecular weight excluding hydrogens is 332 g/mol. The zero-order valence-corrected chi connectivity index (χ0v) is 13.1. The molecule has 2 aromatic carbocycles. The molecule has 25 heavy (non-hydrogen) atoms. The number of hydrogen-bond donors (Lipinski definition) is 1. The van der Waals surface area contributed by atoms with Crippen molar-refractivity contribution in [1.29, 1.82) is 0 Å². The number of fused-ring (bicyclic) bond motifs is 1. The van der Waals surface area contributed by atoms with Crippen LogP contribution in [0.2, 0.25) is 0 Å². The van der Waals surface area contributed by atoms with E-state index in [1.807, 2.05) is 0 Å². The minimum absolute atomic E-state index is 0.0991. The summed E-state index contributed by atoms with van der Waals surface area (Å²) >= 11 is 0. The molecule has 0 unspecified atom stereocenters. The maximum Gasteiger partial charge on any atom is 0.257 e. The fraction of sp³-hybridized carbons (Fsp3) is 0.118. The summed E-state index contributed by atoms with van der Waals surface area (Å²) in [5.41, 5.74) is 0.231. The number of nitrogens with zero attached hydrogens (tertiary/aromatic N) is 2. The summed E-state index contributed by atoms with van der Waals surface area (Å²) in [5, 5.41) is 2.70. The molecule has 3 rings (SSSR count). The first-order valence-corrected chi connectivity index (χ1v) is 7.28. The smallest absolute Gasteiger partial charge is 0.257 e. The van der Waals surface area contributed by atoms with Gasteiger partial charge in [0.15, 0.2) is 18.2 Å². The first kappa shape index (κ1) is 16.6. The van der Waals surface area contributed by atoms with Crippen LogP contribution in [-0.2, 0) is 4.79 Å². The van der Waals surface area contributed by atoms with Crippen molar-refractivity contribution in [3.05, 3.63) is 54.4 Å². The highest BCUT2D eigenvalue weighted by molar-refractivity contribution is 5.83. The van der Waals surface area contributed by atoms with Gasteiger partial charge in [-0.15, -0.1) is 0 Å². The number of rotatable bonds is 5. The molecule has 0 fully saturated rings. The first-order valence-electron chi connectivity index (χ1n) is 7.28. The summed E-state index contributed by atoms with van der Waals surface area (Å²) < 4.78 is 37.6. The number of carbonyl (C=O) groups is 1. The Hall–Kier alpha value is -3.29. The van der Waals surface area contributed by atoms with Crippen molar-refractivity contribution in [2.45, 2.75) is 0 Å². The number of likely N-dealkylation sites (N-methyl/N-ethyl adjacent to an activating group) is 1. The van der Waals surface area contributed by atoms with Crippen molar-refractivity contribution >= 4 is 16.8 Å². The molecule has 0 bridgehead atoms. The highest BCUT2D eigenvalue weighted by atomic mass is 19.2. The van der Waals surface area contributed by atoms with Gasteiger partial charge >= 0.3 is 0 Å². The van der Waals surface area contributed by atoms with Gasteiger partial charge in [-0.3, -0.25) is 4.79 Å². The van der Waals surface area contributed by atoms with E-state index in [9.17, 15) is 13.6 Å². The molecule has 0 saturated heterocycles. The lowest BCUT2D eigenvalue weighted by atomic mass is 10.2. The molecule has 1 amide bonds. The molecule has 1 heterocycles. The summed E-state index contributed by atoms with van der Waals surface area (Å²) in [6.45, 7) is -0.0991. The van der Waals surface area contributed by atoms with Gasteiger partial charge in [-0.1, -0.05) is 0 Å². The number of aromatic nitrogens is 2. The van der Waals surface area contributed by atoms with E-state index >= 15 is 0 Å². The van der Waals surface area contributed by atoms with Gasteiger partial charge in [0.2, 0.25) is 5.88 Å². The normalized spacial score (nSPS) is 10.5. The number of halogens is 2. The predicted molar refractivity (Wildman–Crippen MR) is 85.5 cm³/mol. The van der Waals surface area contributed by atoms with Crippen molar-refractivity contribution < 1.29 is 23.0 Å². The average Bonchev–Trinajstić information content (AvgIpc) is 2.62. The molecule has 8 heteroatoms. The van der Waals surface area contributed by atoms with E-state index < -0.39 is 11.6 Å². The first-order chi connectivity index (χ1) is 12.1. The molecule has 0 saturated carbocycles. The zero-order chi connectivity index (χ0) is 17.8. The topological polar surface area (TPSA) is 73.3 Å². The van der Waals surface area contributed by atoms with E-state index in [4.69, 9.17) is 9.47 Å². The second-order valence-electron chi connectivity index (χ2n) is 5.00. The lowest BCUT2D eigenvalue weighted by molar-refractivity contribution is -0.122. The third-order valence-corrected chi connectivity index (χ3v) is 3.33. The Labute approximate surface area is 141 Å². The molecule has 1 N–H and O–H groups in total. The van der Waals surface area contributed by atoms with E-state index in [0.717, 1.165) is 12.1 Å². The molecule has 0 aliphatic rings. The molecule has 0 aliphatic carbocycles. The van der Waals surface area contributed by atoms with Crippen molar-refractivity contribution in [2.75, 3.05) is 13.7 Å². The van der Waals surface area contributed by atoms with Crippen molar-refractivity contribution in [2.24, 2.45) is 0 Å². The summed E-state index contributed by atoms with van der Waals surface area (Å²) in [6.07, 6.45) is 1.20. The monoisotopic (exact) mass is 345 g/mol. The summed E-state index contributed by atoms with van der Waals surface area (Å²) in [4.78, 5) is 19.0. The Kier molecular flexibility index (Phi) is 4.69. The standard InChI is InChI=1S/C17H13F2N3O3/c1-20-16(23)8-24-10-2-4-11(5-3-10)25-17-12-6-13(18)14(19)7-15(12)21-9-22-17/h2-7,9H,8H2,1H3,(H,20,23). The van der Waals surface area contributed by atoms with Crippen molar-refractivity contribution in [3.63, 3.8) is 0 Å². The van der Waals surface area contributed by atoms with Crippen LogP contribution in [0.5, 0.6) is 17.4 Å². The van der Waals surface area contributed by atoms with Crippen LogP contribution in [-0.4, -0.2) is 29.5 Å². The summed E-state index contributed by atoms with van der Waals surface area (Å²) in [5.74, 6) is -1.25. The Balaban J connectivity index is 1.79. The van der Waals surface area contributed by atoms with Gasteiger partial charge in [0.05, 0.1) is 10.9 Å². The lowest BCUT2D eigenvalue weighted by Crippen LogP contribution is -2.24. The second kappa shape index (κ2) is 7.08. The highest BCUT2D eigenvalue weighted by Crippen LogP contribution is 2.29. The zero-order valence-electron chi connectivity index (χ0n) is 13.1. The molecule has 128 valence electrons. The molecule has 3 aromatic rings. The number of nitrogens with one attached hydrogen (secondary N) is 1. The third-order valence-electron chi connectivity index (χ3n) is 3.33. The lowest BCUT2D eigenvalue weighted by Gasteiger charge is -2.09. The Bertz CT molecular complexity index is 917. The molecule has 0 radical (unpaired) electrons. The molecular formula is C17H13F2N3O3. The van der Waals surface area contributed by atoms with Gasteiger partial charge in [-0.05, 0) is 30.3 Å². The quantitative estimate of drug-likeness (QED) is 0.770. The highest BCUT2D eigenvalue weighted by Gasteiger charge is 2.11. The average molecular weight is 345 g/mol. The summed E-state index contributed by atoms with van der Waals surface area (Å²) in [7, 11) is 1.52. The Morgan fingerprint density at radius 1 is 1.08 bits per heavy atom. The minimum atomic E-state index is -1.01. The fourth-order valence-electron chi connectivity index (χ4n) is 2.05. The number of amides is 1. The van der Waals surface area contributed by atoms with Crippen LogP contribution in [0.1, 0.15) is 0 Å². The van der Waals surface area contributed by atoms with Crippen molar-refractivity contribution in [3.8, 4) is 17.4 Å². The fourth-order valence-corrected chi connectivity index (χ4v) is 2.05. The van der Waals surface area contributed by atoms with E-state index in [1.165, 1.54) is 13.4 Å². The van der Waals surface area contributed by atoms with Crippen LogP contribution >= 0.6 is 0 Å². The molecule has 1 aromatic heterocycles. The number of hydrogen-bond acceptors (Lipinski definition) is 5. The van der Waals surface area contributed by atoms with E-state index in [2.05, 4.69) is 15.3 Å². The van der Waals surface area contributed by atoms with Crippen LogP contribution < -0.4 is 14.8 Å². The SMILES string of the molecule is CNC(=O)COc1ccc(Oc2ncnc3cc(F)c(F)cc23)cc1. The Morgan fingerprint density at radius 3 is 2.48 bits per heavy atom.